The van der Waals surface area contributed by atoms with Crippen LogP contribution in [0.3, 0.4) is 0 Å². The van der Waals surface area contributed by atoms with E-state index < -0.39 is 0 Å². The molecule has 0 aromatic heterocycles. The fraction of sp³-hybridized carbons (Fsp3) is 0.500. The second kappa shape index (κ2) is 5.19. The molecule has 0 atom stereocenters. The Bertz CT molecular complexity index is 744. The number of hydrogen-bond acceptors (Lipinski definition) is 3. The first kappa shape index (κ1) is 14.7. The van der Waals surface area contributed by atoms with E-state index in [4.69, 9.17) is 16.3 Å². The van der Waals surface area contributed by atoms with Gasteiger partial charge in [0.25, 0.3) is 0 Å². The van der Waals surface area contributed by atoms with Crippen LogP contribution in [0, 0.1) is 23.2 Å². The first-order valence-corrected chi connectivity index (χ1v) is 9.27. The highest BCUT2D eigenvalue weighted by molar-refractivity contribution is 6.32. The molecule has 5 aliphatic rings. The van der Waals surface area contributed by atoms with Crippen molar-refractivity contribution in [1.29, 1.82) is 0 Å². The quantitative estimate of drug-likeness (QED) is 0.569. The Morgan fingerprint density at radius 2 is 1.71 bits per heavy atom. The normalized spacial score (nSPS) is 38.5. The standard InChI is InChI=1S/C20H20ClNO2/c21-16-4-2-1-3-15(16)8-17-18(23)24-19(22-17)20-9-12-5-13(10-20)7-14(6-12)11-20/h1-4,8,12-14H,5-7,9-11H2. The summed E-state index contributed by atoms with van der Waals surface area (Å²) in [4.78, 5) is 17.0. The molecule has 4 fully saturated rings. The van der Waals surface area contributed by atoms with Crippen molar-refractivity contribution in [1.82, 2.24) is 0 Å². The lowest BCUT2D eigenvalue weighted by Crippen LogP contribution is -2.50. The number of ether oxygens (including phenoxy) is 1. The number of nitrogens with zero attached hydrogens (tertiary/aromatic N) is 1. The molecule has 1 heterocycles. The number of rotatable bonds is 2. The number of hydrogen-bond donors (Lipinski definition) is 0. The number of halogens is 1. The predicted molar refractivity (Wildman–Crippen MR) is 93.6 cm³/mol. The van der Waals surface area contributed by atoms with Gasteiger partial charge < -0.3 is 4.74 Å². The largest absolute Gasteiger partial charge is 0.406 e. The van der Waals surface area contributed by atoms with Gasteiger partial charge in [-0.05, 0) is 74.0 Å². The van der Waals surface area contributed by atoms with E-state index in [1.165, 1.54) is 19.3 Å². The van der Waals surface area contributed by atoms with Gasteiger partial charge in [-0.3, -0.25) is 0 Å². The Kier molecular flexibility index (Phi) is 3.18. The molecule has 0 spiro atoms. The maximum atomic E-state index is 12.3. The van der Waals surface area contributed by atoms with Crippen LogP contribution >= 0.6 is 11.6 Å². The lowest BCUT2D eigenvalue weighted by Gasteiger charge is -2.55. The zero-order valence-electron chi connectivity index (χ0n) is 13.5. The van der Waals surface area contributed by atoms with Gasteiger partial charge in [0, 0.05) is 10.4 Å². The van der Waals surface area contributed by atoms with Gasteiger partial charge in [-0.2, -0.15) is 0 Å². The van der Waals surface area contributed by atoms with Crippen molar-refractivity contribution in [2.24, 2.45) is 28.2 Å². The van der Waals surface area contributed by atoms with Crippen molar-refractivity contribution in [2.45, 2.75) is 38.5 Å². The summed E-state index contributed by atoms with van der Waals surface area (Å²) < 4.78 is 5.67. The summed E-state index contributed by atoms with van der Waals surface area (Å²) in [5.41, 5.74) is 1.20. The number of esters is 1. The summed E-state index contributed by atoms with van der Waals surface area (Å²) in [5.74, 6) is 2.75. The van der Waals surface area contributed by atoms with Crippen LogP contribution in [0.5, 0.6) is 0 Å². The van der Waals surface area contributed by atoms with E-state index in [-0.39, 0.29) is 11.4 Å². The van der Waals surface area contributed by atoms with Crippen LogP contribution in [0.25, 0.3) is 6.08 Å². The summed E-state index contributed by atoms with van der Waals surface area (Å²) in [6.45, 7) is 0. The average Bonchev–Trinajstić information content (AvgIpc) is 2.90. The number of carbonyl (C=O) groups is 1. The molecule has 0 N–H and O–H groups in total. The van der Waals surface area contributed by atoms with Crippen LogP contribution < -0.4 is 0 Å². The molecule has 0 radical (unpaired) electrons. The molecule has 124 valence electrons. The summed E-state index contributed by atoms with van der Waals surface area (Å²) in [5, 5.41) is 0.622. The number of carbonyl (C=O) groups excluding carboxylic acids is 1. The number of aliphatic imine (C=N–C) groups is 1. The minimum absolute atomic E-state index is 0.0144. The van der Waals surface area contributed by atoms with Gasteiger partial charge in [0.15, 0.2) is 5.70 Å². The van der Waals surface area contributed by atoms with E-state index in [9.17, 15) is 4.79 Å². The zero-order valence-corrected chi connectivity index (χ0v) is 14.3. The summed E-state index contributed by atoms with van der Waals surface area (Å²) in [7, 11) is 0. The molecule has 6 rings (SSSR count). The second-order valence-electron chi connectivity index (χ2n) is 8.06. The topological polar surface area (TPSA) is 38.7 Å². The molecular formula is C20H20ClNO2. The first-order chi connectivity index (χ1) is 11.6. The third kappa shape index (κ3) is 2.25. The van der Waals surface area contributed by atoms with Crippen LogP contribution in [0.15, 0.2) is 35.0 Å². The smallest absolute Gasteiger partial charge is 0.363 e. The molecule has 4 bridgehead atoms. The molecular weight excluding hydrogens is 322 g/mol. The number of benzene rings is 1. The van der Waals surface area contributed by atoms with Crippen LogP contribution in [0.4, 0.5) is 0 Å². The van der Waals surface area contributed by atoms with Gasteiger partial charge in [0.05, 0.1) is 0 Å². The van der Waals surface area contributed by atoms with Crippen molar-refractivity contribution in [3.8, 4) is 0 Å². The van der Waals surface area contributed by atoms with Crippen molar-refractivity contribution >= 4 is 29.5 Å². The SMILES string of the molecule is O=C1OC(C23CC4CC(CC(C4)C2)C3)=NC1=Cc1ccccc1Cl. The van der Waals surface area contributed by atoms with Gasteiger partial charge in [-0.1, -0.05) is 29.8 Å². The van der Waals surface area contributed by atoms with Crippen LogP contribution in [0.2, 0.25) is 5.02 Å². The van der Waals surface area contributed by atoms with E-state index in [2.05, 4.69) is 4.99 Å². The molecule has 4 aliphatic carbocycles. The van der Waals surface area contributed by atoms with E-state index >= 15 is 0 Å². The Hall–Kier alpha value is -1.61. The highest BCUT2D eigenvalue weighted by Gasteiger charge is 2.55. The van der Waals surface area contributed by atoms with E-state index in [1.807, 2.05) is 24.3 Å². The van der Waals surface area contributed by atoms with Gasteiger partial charge >= 0.3 is 5.97 Å². The Morgan fingerprint density at radius 1 is 1.08 bits per heavy atom. The maximum absolute atomic E-state index is 12.3. The molecule has 4 heteroatoms. The molecule has 0 unspecified atom stereocenters. The summed E-state index contributed by atoms with van der Waals surface area (Å²) in [6.07, 6.45) is 9.27. The summed E-state index contributed by atoms with van der Waals surface area (Å²) >= 11 is 6.20. The van der Waals surface area contributed by atoms with Crippen molar-refractivity contribution in [3.63, 3.8) is 0 Å². The fourth-order valence-electron chi connectivity index (χ4n) is 5.75. The molecule has 0 amide bonds. The van der Waals surface area contributed by atoms with Gasteiger partial charge in [0.1, 0.15) is 0 Å². The third-order valence-corrected chi connectivity index (χ3v) is 6.65. The van der Waals surface area contributed by atoms with E-state index in [0.29, 0.717) is 16.6 Å². The molecule has 4 saturated carbocycles. The van der Waals surface area contributed by atoms with Gasteiger partial charge in [0.2, 0.25) is 5.90 Å². The van der Waals surface area contributed by atoms with E-state index in [1.54, 1.807) is 6.08 Å². The molecule has 1 aromatic rings. The van der Waals surface area contributed by atoms with Crippen molar-refractivity contribution in [2.75, 3.05) is 0 Å². The molecule has 1 aliphatic heterocycles. The molecule has 24 heavy (non-hydrogen) atoms. The Balaban J connectivity index is 1.50. The molecule has 3 nitrogen and oxygen atoms in total. The predicted octanol–water partition coefficient (Wildman–Crippen LogP) is 4.85. The van der Waals surface area contributed by atoms with Crippen LogP contribution in [0.1, 0.15) is 44.1 Å². The van der Waals surface area contributed by atoms with Crippen LogP contribution in [-0.4, -0.2) is 11.9 Å². The van der Waals surface area contributed by atoms with Gasteiger partial charge in [-0.25, -0.2) is 9.79 Å². The maximum Gasteiger partial charge on any atom is 0.363 e. The fourth-order valence-corrected chi connectivity index (χ4v) is 5.94. The minimum Gasteiger partial charge on any atom is -0.406 e. The van der Waals surface area contributed by atoms with Crippen LogP contribution in [-0.2, 0) is 9.53 Å². The van der Waals surface area contributed by atoms with Crippen molar-refractivity contribution < 1.29 is 9.53 Å². The highest BCUT2D eigenvalue weighted by Crippen LogP contribution is 2.61. The second-order valence-corrected chi connectivity index (χ2v) is 8.46. The molecule has 1 aromatic carbocycles. The third-order valence-electron chi connectivity index (χ3n) is 6.31. The lowest BCUT2D eigenvalue weighted by atomic mass is 9.49. The lowest BCUT2D eigenvalue weighted by molar-refractivity contribution is -0.131. The zero-order chi connectivity index (χ0) is 16.3. The Morgan fingerprint density at radius 3 is 2.33 bits per heavy atom. The first-order valence-electron chi connectivity index (χ1n) is 8.89. The monoisotopic (exact) mass is 341 g/mol. The number of cyclic esters (lactones) is 1. The Labute approximate surface area is 146 Å². The highest BCUT2D eigenvalue weighted by atomic mass is 35.5. The van der Waals surface area contributed by atoms with E-state index in [0.717, 1.165) is 42.6 Å². The van der Waals surface area contributed by atoms with Crippen molar-refractivity contribution in [3.05, 3.63) is 40.5 Å². The summed E-state index contributed by atoms with van der Waals surface area (Å²) in [6, 6.07) is 7.49. The van der Waals surface area contributed by atoms with Gasteiger partial charge in [-0.15, -0.1) is 0 Å². The molecule has 0 saturated heterocycles. The average molecular weight is 342 g/mol. The minimum atomic E-state index is -0.333.